The molecule has 1 unspecified atom stereocenters. The minimum atomic E-state index is -4.52. The van der Waals surface area contributed by atoms with E-state index in [-0.39, 0.29) is 40.6 Å². The van der Waals surface area contributed by atoms with E-state index >= 15 is 0 Å². The van der Waals surface area contributed by atoms with E-state index in [0.717, 1.165) is 33.9 Å². The van der Waals surface area contributed by atoms with Gasteiger partial charge in [0.25, 0.3) is 26.1 Å². The Labute approximate surface area is 409 Å². The maximum Gasteiger partial charge on any atom is 0.318 e. The smallest absolute Gasteiger partial charge is 0.318 e. The lowest BCUT2D eigenvalue weighted by Crippen LogP contribution is -2.30. The average molecular weight is 989 g/mol. The van der Waals surface area contributed by atoms with Crippen LogP contribution in [0.5, 0.6) is 6.01 Å². The van der Waals surface area contributed by atoms with Gasteiger partial charge < -0.3 is 25.2 Å². The van der Waals surface area contributed by atoms with Gasteiger partial charge in [0, 0.05) is 84.7 Å². The second kappa shape index (κ2) is 20.2. The second-order valence-electron chi connectivity index (χ2n) is 17.9. The molecule has 1 aromatic heterocycles. The summed E-state index contributed by atoms with van der Waals surface area (Å²) in [5.74, 6) is -0.0785. The minimum absolute atomic E-state index is 0.149. The SMILES string of the molecule is CCN1/C(=C/C=C/C=C/C2=[N+](CC)c3ccc(S(=O)(=O)O)cc3C2(C)C)C(C)(CCCC(=O)N(C)c2ccc(C(=O)N(C)c3ccc(COc4nccc(N)n4)cc3)cc2)c2cc(S(=O)(=O)O)ccc21. The van der Waals surface area contributed by atoms with Crippen LogP contribution in [0.4, 0.5) is 28.6 Å². The van der Waals surface area contributed by atoms with E-state index in [2.05, 4.69) is 19.4 Å². The molecule has 0 saturated carbocycles. The van der Waals surface area contributed by atoms with Crippen molar-refractivity contribution in [2.75, 3.05) is 47.6 Å². The summed E-state index contributed by atoms with van der Waals surface area (Å²) in [6.07, 6.45) is 12.3. The van der Waals surface area contributed by atoms with Crippen LogP contribution in [0.2, 0.25) is 0 Å². The Morgan fingerprint density at radius 3 is 2.07 bits per heavy atom. The number of allylic oxidation sites excluding steroid dienone is 6. The predicted octanol–water partition coefficient (Wildman–Crippen LogP) is 8.43. The number of carbonyl (C=O) groups excluding carboxylic acids is 2. The van der Waals surface area contributed by atoms with E-state index in [4.69, 9.17) is 10.5 Å². The van der Waals surface area contributed by atoms with E-state index in [9.17, 15) is 35.5 Å². The minimum Gasteiger partial charge on any atom is -0.459 e. The first-order chi connectivity index (χ1) is 33.1. The second-order valence-corrected chi connectivity index (χ2v) is 20.7. The molecule has 18 heteroatoms. The van der Waals surface area contributed by atoms with Crippen molar-refractivity contribution in [2.45, 2.75) is 81.1 Å². The maximum absolute atomic E-state index is 13.7. The topological polar surface area (TPSA) is 217 Å². The van der Waals surface area contributed by atoms with Crippen LogP contribution in [0.3, 0.4) is 0 Å². The van der Waals surface area contributed by atoms with E-state index in [0.29, 0.717) is 54.3 Å². The van der Waals surface area contributed by atoms with Gasteiger partial charge in [-0.1, -0.05) is 30.4 Å². The van der Waals surface area contributed by atoms with Gasteiger partial charge >= 0.3 is 6.01 Å². The number of hydrogen-bond acceptors (Lipinski definition) is 11. The fourth-order valence-corrected chi connectivity index (χ4v) is 10.3. The molecule has 0 aliphatic carbocycles. The van der Waals surface area contributed by atoms with Crippen LogP contribution in [0.15, 0.2) is 143 Å². The number of likely N-dealkylation sites (N-methyl/N-ethyl adjacent to an activating group) is 1. The van der Waals surface area contributed by atoms with Gasteiger partial charge in [0.05, 0.1) is 15.2 Å². The van der Waals surface area contributed by atoms with Crippen LogP contribution in [0.1, 0.15) is 80.9 Å². The third kappa shape index (κ3) is 10.4. The number of ether oxygens (including phenoxy) is 1. The number of nitrogen functional groups attached to an aromatic ring is 1. The first-order valence-corrected chi connectivity index (χ1v) is 25.6. The molecule has 3 heterocycles. The molecule has 366 valence electrons. The monoisotopic (exact) mass is 988 g/mol. The van der Waals surface area contributed by atoms with Crippen molar-refractivity contribution in [1.29, 1.82) is 0 Å². The molecule has 2 aliphatic heterocycles. The molecule has 0 spiro atoms. The number of rotatable bonds is 17. The molecule has 16 nitrogen and oxygen atoms in total. The van der Waals surface area contributed by atoms with Crippen molar-refractivity contribution < 1.29 is 44.8 Å². The van der Waals surface area contributed by atoms with Gasteiger partial charge in [-0.25, -0.2) is 4.98 Å². The molecule has 2 amide bonds. The summed E-state index contributed by atoms with van der Waals surface area (Å²) in [6, 6.07) is 25.1. The number of hydrogen-bond donors (Lipinski definition) is 3. The maximum atomic E-state index is 13.7. The summed E-state index contributed by atoms with van der Waals surface area (Å²) >= 11 is 0. The molecule has 0 fully saturated rings. The Morgan fingerprint density at radius 1 is 0.814 bits per heavy atom. The van der Waals surface area contributed by atoms with Crippen molar-refractivity contribution >= 4 is 66.3 Å². The Bertz CT molecular complexity index is 3190. The number of aromatic nitrogens is 2. The Kier molecular flexibility index (Phi) is 14.6. The molecule has 5 aromatic rings. The van der Waals surface area contributed by atoms with Gasteiger partial charge in [-0.2, -0.15) is 26.4 Å². The van der Waals surface area contributed by atoms with Crippen LogP contribution in [-0.4, -0.2) is 85.2 Å². The Morgan fingerprint density at radius 2 is 1.44 bits per heavy atom. The highest BCUT2D eigenvalue weighted by molar-refractivity contribution is 7.86. The van der Waals surface area contributed by atoms with Gasteiger partial charge in [-0.15, -0.1) is 0 Å². The van der Waals surface area contributed by atoms with E-state index < -0.39 is 31.1 Å². The normalized spacial score (nSPS) is 17.1. The van der Waals surface area contributed by atoms with Crippen molar-refractivity contribution in [3.63, 3.8) is 0 Å². The van der Waals surface area contributed by atoms with Crippen LogP contribution >= 0.6 is 0 Å². The van der Waals surface area contributed by atoms with E-state index in [1.807, 2.05) is 89.3 Å². The number of amides is 2. The number of nitrogens with two attached hydrogens (primary N) is 1. The standard InChI is InChI=1S/C52H57N7O9S2/c1-8-58-43-27-25-39(69(62,63)64)32-41(43)51(3,4)45(58)14-11-10-12-15-46-52(5,42-33-40(70(65,66)67)26-28-44(42)59(46)9-2)30-13-16-48(60)56(6)37-23-19-36(20-24-37)49(61)57(7)38-21-17-35(18-22-38)34-68-50-54-31-29-47(53)55-50/h10-12,14-15,17-29,31-33H,8-9,13,16,30,34H2,1-7H3,(H3-,53,54,55,62,63,64,65,66,67)/p+1. The third-order valence-corrected chi connectivity index (χ3v) is 14.8. The summed E-state index contributed by atoms with van der Waals surface area (Å²) in [5.41, 5.74) is 11.9. The summed E-state index contributed by atoms with van der Waals surface area (Å²) in [4.78, 5) is 40.1. The summed E-state index contributed by atoms with van der Waals surface area (Å²) in [6.45, 7) is 11.4. The zero-order chi connectivity index (χ0) is 50.8. The quantitative estimate of drug-likeness (QED) is 0.0454. The largest absolute Gasteiger partial charge is 0.459 e. The number of fused-ring (bicyclic) bond motifs is 2. The average Bonchev–Trinajstić information content (AvgIpc) is 3.70. The number of anilines is 4. The lowest BCUT2D eigenvalue weighted by molar-refractivity contribution is -0.433. The van der Waals surface area contributed by atoms with Gasteiger partial charge in [0.15, 0.2) is 5.71 Å². The van der Waals surface area contributed by atoms with E-state index in [1.54, 1.807) is 61.5 Å². The van der Waals surface area contributed by atoms with Crippen molar-refractivity contribution in [1.82, 2.24) is 9.97 Å². The predicted molar refractivity (Wildman–Crippen MR) is 271 cm³/mol. The molecule has 7 rings (SSSR count). The molecule has 0 bridgehead atoms. The lowest BCUT2D eigenvalue weighted by atomic mass is 9.77. The molecule has 0 saturated heterocycles. The first-order valence-electron chi connectivity index (χ1n) is 22.8. The summed E-state index contributed by atoms with van der Waals surface area (Å²) < 4.78 is 76.2. The fourth-order valence-electron chi connectivity index (χ4n) is 9.24. The van der Waals surface area contributed by atoms with Crippen LogP contribution in [0.25, 0.3) is 0 Å². The van der Waals surface area contributed by atoms with Gasteiger partial charge in [-0.05, 0) is 137 Å². The molecule has 0 radical (unpaired) electrons. The lowest BCUT2D eigenvalue weighted by Gasteiger charge is -2.30. The number of carbonyl (C=O) groups is 2. The highest BCUT2D eigenvalue weighted by Gasteiger charge is 2.45. The van der Waals surface area contributed by atoms with Crippen LogP contribution < -0.4 is 25.2 Å². The molecule has 70 heavy (non-hydrogen) atoms. The van der Waals surface area contributed by atoms with Crippen molar-refractivity contribution in [2.24, 2.45) is 0 Å². The van der Waals surface area contributed by atoms with Crippen molar-refractivity contribution in [3.05, 3.63) is 156 Å². The van der Waals surface area contributed by atoms with E-state index in [1.165, 1.54) is 35.4 Å². The number of benzene rings is 4. The highest BCUT2D eigenvalue weighted by atomic mass is 32.2. The van der Waals surface area contributed by atoms with Gasteiger partial charge in [0.2, 0.25) is 11.6 Å². The van der Waals surface area contributed by atoms with Gasteiger partial charge in [-0.3, -0.25) is 18.7 Å². The fraction of sp³-hybridized carbons (Fsp3) is 0.288. The summed E-state index contributed by atoms with van der Waals surface area (Å²) in [7, 11) is -5.53. The van der Waals surface area contributed by atoms with Crippen LogP contribution in [0, 0.1) is 0 Å². The zero-order valence-corrected chi connectivity index (χ0v) is 41.8. The molecular formula is C52H58N7O9S2+. The van der Waals surface area contributed by atoms with Gasteiger partial charge in [0.1, 0.15) is 19.0 Å². The molecule has 2 aliphatic rings. The summed E-state index contributed by atoms with van der Waals surface area (Å²) in [5, 5.41) is 0. The molecule has 4 aromatic carbocycles. The van der Waals surface area contributed by atoms with Crippen LogP contribution in [-0.2, 0) is 42.5 Å². The third-order valence-electron chi connectivity index (χ3n) is 13.1. The highest BCUT2D eigenvalue weighted by Crippen LogP contribution is 2.51. The number of nitrogens with zero attached hydrogens (tertiary/aromatic N) is 6. The molecular weight excluding hydrogens is 931 g/mol. The first kappa shape index (κ1) is 50.9. The van der Waals surface area contributed by atoms with Crippen molar-refractivity contribution in [3.8, 4) is 6.01 Å². The molecule has 1 atom stereocenters. The molecule has 4 N–H and O–H groups in total. The zero-order valence-electron chi connectivity index (χ0n) is 40.2. The Balaban J connectivity index is 1.04. The Hall–Kier alpha value is -6.99.